The zero-order chi connectivity index (χ0) is 11.1. The van der Waals surface area contributed by atoms with Gasteiger partial charge in [0.1, 0.15) is 0 Å². The van der Waals surface area contributed by atoms with Crippen molar-refractivity contribution in [2.75, 3.05) is 0 Å². The molecular formula is C16H18. The number of allylic oxidation sites excluding steroid dienone is 9. The van der Waals surface area contributed by atoms with Gasteiger partial charge in [-0.2, -0.15) is 0 Å². The van der Waals surface area contributed by atoms with Gasteiger partial charge in [0.15, 0.2) is 0 Å². The SMILES string of the molecule is C=CC1=CC2C(C)C3C=CC=CC3C2C=C1. The smallest absolute Gasteiger partial charge is 0.00953 e. The van der Waals surface area contributed by atoms with Crippen molar-refractivity contribution in [3.63, 3.8) is 0 Å². The monoisotopic (exact) mass is 210 g/mol. The van der Waals surface area contributed by atoms with E-state index in [4.69, 9.17) is 0 Å². The van der Waals surface area contributed by atoms with Crippen molar-refractivity contribution in [3.05, 3.63) is 60.8 Å². The summed E-state index contributed by atoms with van der Waals surface area (Å²) in [4.78, 5) is 0. The van der Waals surface area contributed by atoms with Gasteiger partial charge in [-0.3, -0.25) is 0 Å². The van der Waals surface area contributed by atoms with Crippen LogP contribution in [0.3, 0.4) is 0 Å². The third kappa shape index (κ3) is 1.29. The van der Waals surface area contributed by atoms with E-state index in [2.05, 4.69) is 56.0 Å². The van der Waals surface area contributed by atoms with Gasteiger partial charge in [-0.25, -0.2) is 0 Å². The topological polar surface area (TPSA) is 0 Å². The third-order valence-corrected chi connectivity index (χ3v) is 4.46. The highest BCUT2D eigenvalue weighted by molar-refractivity contribution is 5.37. The lowest BCUT2D eigenvalue weighted by atomic mass is 9.81. The van der Waals surface area contributed by atoms with Crippen molar-refractivity contribution in [3.8, 4) is 0 Å². The summed E-state index contributed by atoms with van der Waals surface area (Å²) in [6.45, 7) is 6.26. The van der Waals surface area contributed by atoms with Crippen LogP contribution in [0.1, 0.15) is 6.92 Å². The highest BCUT2D eigenvalue weighted by atomic mass is 14.5. The zero-order valence-corrected chi connectivity index (χ0v) is 9.71. The summed E-state index contributed by atoms with van der Waals surface area (Å²) < 4.78 is 0. The summed E-state index contributed by atoms with van der Waals surface area (Å²) in [7, 11) is 0. The van der Waals surface area contributed by atoms with Gasteiger partial charge >= 0.3 is 0 Å². The van der Waals surface area contributed by atoms with E-state index in [-0.39, 0.29) is 0 Å². The third-order valence-electron chi connectivity index (χ3n) is 4.46. The Balaban J connectivity index is 1.98. The average molecular weight is 210 g/mol. The minimum Gasteiger partial charge on any atom is -0.0985 e. The first-order valence-corrected chi connectivity index (χ1v) is 6.18. The zero-order valence-electron chi connectivity index (χ0n) is 9.71. The second kappa shape index (κ2) is 3.62. The molecule has 0 aromatic rings. The Morgan fingerprint density at radius 3 is 2.44 bits per heavy atom. The standard InChI is InChI=1S/C16H18/c1-3-12-8-9-15-14-7-5-4-6-13(14)11(2)16(15)10-12/h3-11,13-16H,1H2,2H3. The molecule has 1 saturated carbocycles. The Kier molecular flexibility index (Phi) is 2.24. The highest BCUT2D eigenvalue weighted by Gasteiger charge is 2.45. The maximum Gasteiger partial charge on any atom is -0.00953 e. The van der Waals surface area contributed by atoms with Crippen molar-refractivity contribution in [2.24, 2.45) is 29.6 Å². The first-order valence-electron chi connectivity index (χ1n) is 6.18. The maximum atomic E-state index is 3.87. The number of hydrogen-bond acceptors (Lipinski definition) is 0. The van der Waals surface area contributed by atoms with Crippen LogP contribution in [0.25, 0.3) is 0 Å². The van der Waals surface area contributed by atoms with Gasteiger partial charge in [-0.05, 0) is 35.2 Å². The van der Waals surface area contributed by atoms with Crippen molar-refractivity contribution in [1.82, 2.24) is 0 Å². The van der Waals surface area contributed by atoms with Crippen LogP contribution in [0.4, 0.5) is 0 Å². The van der Waals surface area contributed by atoms with Gasteiger partial charge in [0.2, 0.25) is 0 Å². The Bertz CT molecular complexity index is 419. The first kappa shape index (κ1) is 9.89. The molecule has 0 aromatic carbocycles. The molecular weight excluding hydrogens is 192 g/mol. The molecule has 0 heteroatoms. The van der Waals surface area contributed by atoms with Gasteiger partial charge in [-0.15, -0.1) is 0 Å². The summed E-state index contributed by atoms with van der Waals surface area (Å²) >= 11 is 0. The predicted molar refractivity (Wildman–Crippen MR) is 68.8 cm³/mol. The van der Waals surface area contributed by atoms with E-state index in [0.717, 1.165) is 11.8 Å². The molecule has 0 heterocycles. The molecule has 0 saturated heterocycles. The average Bonchev–Trinajstić information content (AvgIpc) is 2.64. The van der Waals surface area contributed by atoms with E-state index >= 15 is 0 Å². The molecule has 1 fully saturated rings. The summed E-state index contributed by atoms with van der Waals surface area (Å²) in [6.07, 6.45) is 18.2. The summed E-state index contributed by atoms with van der Waals surface area (Å²) in [5, 5.41) is 0. The highest BCUT2D eigenvalue weighted by Crippen LogP contribution is 2.51. The fourth-order valence-corrected chi connectivity index (χ4v) is 3.57. The molecule has 0 radical (unpaired) electrons. The van der Waals surface area contributed by atoms with Gasteiger partial charge in [-0.1, -0.05) is 62.1 Å². The van der Waals surface area contributed by atoms with Crippen molar-refractivity contribution >= 4 is 0 Å². The summed E-state index contributed by atoms with van der Waals surface area (Å²) in [5.74, 6) is 3.58. The Morgan fingerprint density at radius 2 is 1.69 bits per heavy atom. The minimum absolute atomic E-state index is 0.695. The van der Waals surface area contributed by atoms with E-state index in [1.54, 1.807) is 0 Å². The molecule has 3 rings (SSSR count). The lowest BCUT2D eigenvalue weighted by Gasteiger charge is -2.23. The fraction of sp³-hybridized carbons (Fsp3) is 0.375. The largest absolute Gasteiger partial charge is 0.0985 e. The fourth-order valence-electron chi connectivity index (χ4n) is 3.57. The van der Waals surface area contributed by atoms with E-state index in [9.17, 15) is 0 Å². The Hall–Kier alpha value is -1.30. The van der Waals surface area contributed by atoms with Crippen LogP contribution in [-0.4, -0.2) is 0 Å². The second-order valence-electron chi connectivity index (χ2n) is 5.17. The van der Waals surface area contributed by atoms with Crippen LogP contribution in [0.15, 0.2) is 60.8 Å². The normalized spacial score (nSPS) is 43.8. The van der Waals surface area contributed by atoms with E-state index in [0.29, 0.717) is 17.8 Å². The van der Waals surface area contributed by atoms with Gasteiger partial charge < -0.3 is 0 Å². The quantitative estimate of drug-likeness (QED) is 0.615. The number of hydrogen-bond donors (Lipinski definition) is 0. The lowest BCUT2D eigenvalue weighted by Crippen LogP contribution is -2.15. The second-order valence-corrected chi connectivity index (χ2v) is 5.17. The van der Waals surface area contributed by atoms with Crippen LogP contribution in [0, 0.1) is 29.6 Å². The maximum absolute atomic E-state index is 3.87. The van der Waals surface area contributed by atoms with Crippen LogP contribution in [-0.2, 0) is 0 Å². The molecule has 0 N–H and O–H groups in total. The molecule has 5 atom stereocenters. The van der Waals surface area contributed by atoms with E-state index in [1.807, 2.05) is 6.08 Å². The van der Waals surface area contributed by atoms with Crippen LogP contribution in [0.2, 0.25) is 0 Å². The molecule has 0 aromatic heterocycles. The Labute approximate surface area is 97.7 Å². The summed E-state index contributed by atoms with van der Waals surface area (Å²) in [6, 6.07) is 0. The first-order chi connectivity index (χ1) is 7.81. The van der Waals surface area contributed by atoms with Crippen molar-refractivity contribution in [1.29, 1.82) is 0 Å². The predicted octanol–water partition coefficient (Wildman–Crippen LogP) is 3.91. The van der Waals surface area contributed by atoms with Gasteiger partial charge in [0, 0.05) is 0 Å². The molecule has 0 spiro atoms. The number of fused-ring (bicyclic) bond motifs is 3. The van der Waals surface area contributed by atoms with Crippen molar-refractivity contribution < 1.29 is 0 Å². The van der Waals surface area contributed by atoms with Crippen LogP contribution in [0.5, 0.6) is 0 Å². The molecule has 3 aliphatic rings. The molecule has 0 aliphatic heterocycles. The van der Waals surface area contributed by atoms with Crippen molar-refractivity contribution in [2.45, 2.75) is 6.92 Å². The van der Waals surface area contributed by atoms with Crippen LogP contribution >= 0.6 is 0 Å². The Morgan fingerprint density at radius 1 is 1.00 bits per heavy atom. The molecule has 0 nitrogen and oxygen atoms in total. The molecule has 16 heavy (non-hydrogen) atoms. The van der Waals surface area contributed by atoms with Gasteiger partial charge in [0.25, 0.3) is 0 Å². The molecule has 82 valence electrons. The molecule has 5 unspecified atom stereocenters. The summed E-state index contributed by atoms with van der Waals surface area (Å²) in [5.41, 5.74) is 1.29. The lowest BCUT2D eigenvalue weighted by molar-refractivity contribution is 0.414. The minimum atomic E-state index is 0.695. The molecule has 0 amide bonds. The molecule has 0 bridgehead atoms. The van der Waals surface area contributed by atoms with E-state index < -0.39 is 0 Å². The number of rotatable bonds is 1. The van der Waals surface area contributed by atoms with Crippen LogP contribution < -0.4 is 0 Å². The molecule has 3 aliphatic carbocycles. The van der Waals surface area contributed by atoms with E-state index in [1.165, 1.54) is 5.57 Å². The van der Waals surface area contributed by atoms with Gasteiger partial charge in [0.05, 0.1) is 0 Å².